The molecule has 0 bridgehead atoms. The lowest BCUT2D eigenvalue weighted by Crippen LogP contribution is -2.31. The van der Waals surface area contributed by atoms with E-state index in [-0.39, 0.29) is 0 Å². The molecule has 2 aromatic carbocycles. The Labute approximate surface area is 127 Å². The van der Waals surface area contributed by atoms with E-state index in [1.54, 1.807) is 0 Å². The minimum Gasteiger partial charge on any atom is -0.465 e. The molecule has 0 aliphatic rings. The second-order valence-electron chi connectivity index (χ2n) is 4.53. The number of hydrogen-bond acceptors (Lipinski definition) is 1. The fourth-order valence-electron chi connectivity index (χ4n) is 2.00. The summed E-state index contributed by atoms with van der Waals surface area (Å²) < 4.78 is 1.02. The van der Waals surface area contributed by atoms with Gasteiger partial charge in [-0.05, 0) is 23.6 Å². The largest absolute Gasteiger partial charge is 0.465 e. The molecule has 0 aliphatic heterocycles. The van der Waals surface area contributed by atoms with E-state index in [0.717, 1.165) is 15.6 Å². The topological polar surface area (TPSA) is 40.5 Å². The minimum absolute atomic E-state index is 0.417. The van der Waals surface area contributed by atoms with Gasteiger partial charge in [0.25, 0.3) is 0 Å². The van der Waals surface area contributed by atoms with Crippen molar-refractivity contribution in [3.05, 3.63) is 70.2 Å². The first-order chi connectivity index (χ1) is 9.66. The van der Waals surface area contributed by atoms with Crippen molar-refractivity contribution in [3.8, 4) is 0 Å². The molecule has 0 atom stereocenters. The highest BCUT2D eigenvalue weighted by atomic mass is 79.9. The van der Waals surface area contributed by atoms with Crippen molar-refractivity contribution >= 4 is 22.0 Å². The number of hydrogen-bond donors (Lipinski definition) is 1. The third-order valence-electron chi connectivity index (χ3n) is 3.10. The average molecular weight is 334 g/mol. The zero-order valence-electron chi connectivity index (χ0n) is 11.0. The maximum atomic E-state index is 11.3. The van der Waals surface area contributed by atoms with Crippen LogP contribution in [0.5, 0.6) is 0 Å². The second-order valence-corrected chi connectivity index (χ2v) is 5.39. The molecule has 0 aromatic heterocycles. The Balaban J connectivity index is 2.00. The lowest BCUT2D eigenvalue weighted by Gasteiger charge is -2.19. The first-order valence-corrected chi connectivity index (χ1v) is 7.21. The average Bonchev–Trinajstić information content (AvgIpc) is 2.46. The number of carbonyl (C=O) groups is 1. The molecule has 2 rings (SSSR count). The molecule has 104 valence electrons. The van der Waals surface area contributed by atoms with Gasteiger partial charge < -0.3 is 10.0 Å². The van der Waals surface area contributed by atoms with Gasteiger partial charge in [-0.25, -0.2) is 4.79 Å². The molecule has 2 aromatic rings. The molecule has 0 radical (unpaired) electrons. The van der Waals surface area contributed by atoms with Crippen LogP contribution >= 0.6 is 15.9 Å². The van der Waals surface area contributed by atoms with Gasteiger partial charge in [-0.1, -0.05) is 64.5 Å². The second kappa shape index (κ2) is 7.10. The molecular formula is C16H16BrNO2. The normalized spacial score (nSPS) is 10.2. The third-order valence-corrected chi connectivity index (χ3v) is 3.87. The summed E-state index contributed by atoms with van der Waals surface area (Å²) in [6, 6.07) is 17.5. The minimum atomic E-state index is -0.888. The fourth-order valence-corrected chi connectivity index (χ4v) is 2.49. The van der Waals surface area contributed by atoms with E-state index in [0.29, 0.717) is 19.5 Å². The Morgan fingerprint density at radius 3 is 2.35 bits per heavy atom. The van der Waals surface area contributed by atoms with Gasteiger partial charge in [-0.2, -0.15) is 0 Å². The Morgan fingerprint density at radius 2 is 1.70 bits per heavy atom. The molecular weight excluding hydrogens is 318 g/mol. The summed E-state index contributed by atoms with van der Waals surface area (Å²) in [4.78, 5) is 12.8. The Morgan fingerprint density at radius 1 is 1.05 bits per heavy atom. The van der Waals surface area contributed by atoms with E-state index in [1.165, 1.54) is 4.90 Å². The molecule has 20 heavy (non-hydrogen) atoms. The Bertz CT molecular complexity index is 572. The monoisotopic (exact) mass is 333 g/mol. The van der Waals surface area contributed by atoms with Crippen LogP contribution in [0.2, 0.25) is 0 Å². The molecule has 0 fully saturated rings. The van der Waals surface area contributed by atoms with Crippen molar-refractivity contribution in [2.24, 2.45) is 0 Å². The lowest BCUT2D eigenvalue weighted by molar-refractivity contribution is 0.143. The van der Waals surface area contributed by atoms with Crippen LogP contribution in [0, 0.1) is 0 Å². The van der Waals surface area contributed by atoms with Crippen LogP contribution in [-0.4, -0.2) is 22.6 Å². The predicted octanol–water partition coefficient (Wildman–Crippen LogP) is 4.17. The summed E-state index contributed by atoms with van der Waals surface area (Å²) in [7, 11) is 0. The first-order valence-electron chi connectivity index (χ1n) is 6.42. The van der Waals surface area contributed by atoms with Crippen LogP contribution in [0.1, 0.15) is 11.1 Å². The van der Waals surface area contributed by atoms with E-state index in [4.69, 9.17) is 0 Å². The predicted molar refractivity (Wildman–Crippen MR) is 82.7 cm³/mol. The number of benzene rings is 2. The smallest absolute Gasteiger partial charge is 0.407 e. The van der Waals surface area contributed by atoms with Crippen LogP contribution < -0.4 is 0 Å². The standard InChI is InChI=1S/C16H16BrNO2/c17-15-9-5-4-8-14(15)10-11-18(16(19)20)12-13-6-2-1-3-7-13/h1-9H,10-12H2,(H,19,20). The van der Waals surface area contributed by atoms with Crippen molar-refractivity contribution < 1.29 is 9.90 Å². The van der Waals surface area contributed by atoms with Gasteiger partial charge in [-0.15, -0.1) is 0 Å². The van der Waals surface area contributed by atoms with E-state index in [1.807, 2.05) is 54.6 Å². The molecule has 1 N–H and O–H groups in total. The van der Waals surface area contributed by atoms with Gasteiger partial charge in [0.2, 0.25) is 0 Å². The number of carboxylic acid groups (broad SMARTS) is 1. The molecule has 0 heterocycles. The van der Waals surface area contributed by atoms with Crippen molar-refractivity contribution in [2.45, 2.75) is 13.0 Å². The molecule has 1 amide bonds. The summed E-state index contributed by atoms with van der Waals surface area (Å²) in [6.45, 7) is 0.896. The maximum absolute atomic E-state index is 11.3. The van der Waals surface area contributed by atoms with E-state index < -0.39 is 6.09 Å². The van der Waals surface area contributed by atoms with Gasteiger partial charge in [-0.3, -0.25) is 0 Å². The van der Waals surface area contributed by atoms with Gasteiger partial charge in [0, 0.05) is 17.6 Å². The van der Waals surface area contributed by atoms with Gasteiger partial charge in [0.15, 0.2) is 0 Å². The summed E-state index contributed by atoms with van der Waals surface area (Å²) >= 11 is 3.48. The van der Waals surface area contributed by atoms with Crippen LogP contribution in [-0.2, 0) is 13.0 Å². The van der Waals surface area contributed by atoms with Crippen molar-refractivity contribution in [2.75, 3.05) is 6.54 Å². The van der Waals surface area contributed by atoms with E-state index in [9.17, 15) is 9.90 Å². The fraction of sp³-hybridized carbons (Fsp3) is 0.188. The van der Waals surface area contributed by atoms with Gasteiger partial charge >= 0.3 is 6.09 Å². The number of rotatable bonds is 5. The first kappa shape index (κ1) is 14.6. The zero-order valence-corrected chi connectivity index (χ0v) is 12.6. The van der Waals surface area contributed by atoms with E-state index >= 15 is 0 Å². The number of amides is 1. The molecule has 3 nitrogen and oxygen atoms in total. The number of nitrogens with zero attached hydrogens (tertiary/aromatic N) is 1. The summed E-state index contributed by atoms with van der Waals surface area (Å²) in [5, 5.41) is 9.30. The number of halogens is 1. The SMILES string of the molecule is O=C(O)N(CCc1ccccc1Br)Cc1ccccc1. The highest BCUT2D eigenvalue weighted by molar-refractivity contribution is 9.10. The van der Waals surface area contributed by atoms with Crippen molar-refractivity contribution in [1.29, 1.82) is 0 Å². The van der Waals surface area contributed by atoms with Crippen LogP contribution in [0.4, 0.5) is 4.79 Å². The summed E-state index contributed by atoms with van der Waals surface area (Å²) in [5.41, 5.74) is 2.12. The Kier molecular flexibility index (Phi) is 5.18. The van der Waals surface area contributed by atoms with E-state index in [2.05, 4.69) is 15.9 Å². The van der Waals surface area contributed by atoms with Crippen molar-refractivity contribution in [3.63, 3.8) is 0 Å². The third kappa shape index (κ3) is 4.10. The van der Waals surface area contributed by atoms with Crippen LogP contribution in [0.15, 0.2) is 59.1 Å². The highest BCUT2D eigenvalue weighted by Gasteiger charge is 2.12. The Hall–Kier alpha value is -1.81. The molecule has 0 saturated carbocycles. The van der Waals surface area contributed by atoms with Gasteiger partial charge in [0.05, 0.1) is 0 Å². The molecule has 0 unspecified atom stereocenters. The van der Waals surface area contributed by atoms with Crippen LogP contribution in [0.3, 0.4) is 0 Å². The molecule has 4 heteroatoms. The van der Waals surface area contributed by atoms with Crippen molar-refractivity contribution in [1.82, 2.24) is 4.90 Å². The molecule has 0 saturated heterocycles. The van der Waals surface area contributed by atoms with Crippen LogP contribution in [0.25, 0.3) is 0 Å². The summed E-state index contributed by atoms with van der Waals surface area (Å²) in [6.07, 6.45) is -0.193. The maximum Gasteiger partial charge on any atom is 0.407 e. The zero-order chi connectivity index (χ0) is 14.4. The quantitative estimate of drug-likeness (QED) is 0.891. The molecule has 0 aliphatic carbocycles. The highest BCUT2D eigenvalue weighted by Crippen LogP contribution is 2.17. The lowest BCUT2D eigenvalue weighted by atomic mass is 10.1. The summed E-state index contributed by atoms with van der Waals surface area (Å²) in [5.74, 6) is 0. The van der Waals surface area contributed by atoms with Gasteiger partial charge in [0.1, 0.15) is 0 Å². The molecule has 0 spiro atoms.